The molecule has 0 radical (unpaired) electrons. The molecule has 0 aliphatic rings. The molecule has 2 aromatic rings. The van der Waals surface area contributed by atoms with Crippen molar-refractivity contribution in [3.63, 3.8) is 0 Å². The maximum absolute atomic E-state index is 5.52. The molecule has 2 heterocycles. The molecule has 2 rings (SSSR count). The smallest absolute Gasteiger partial charge is 0.0992 e. The van der Waals surface area contributed by atoms with Gasteiger partial charge in [0.2, 0.25) is 0 Å². The molecule has 1 unspecified atom stereocenters. The summed E-state index contributed by atoms with van der Waals surface area (Å²) in [6.45, 7) is 0. The average Bonchev–Trinajstić information content (AvgIpc) is 2.80. The Bertz CT molecular complexity index is 398. The van der Waals surface area contributed by atoms with E-state index >= 15 is 0 Å². The van der Waals surface area contributed by atoms with Gasteiger partial charge in [-0.05, 0) is 27.4 Å². The van der Waals surface area contributed by atoms with Crippen LogP contribution in [0.3, 0.4) is 0 Å². The maximum atomic E-state index is 5.52. The van der Waals surface area contributed by atoms with Crippen molar-refractivity contribution >= 4 is 38.6 Å². The molecule has 0 aromatic carbocycles. The molecule has 0 aliphatic carbocycles. The summed E-state index contributed by atoms with van der Waals surface area (Å²) in [6, 6.07) is 1.99. The van der Waals surface area contributed by atoms with Crippen LogP contribution in [0.5, 0.6) is 0 Å². The molecular formula is C8H8BrN3S2. The number of nitrogens with one attached hydrogen (secondary N) is 1. The Kier molecular flexibility index (Phi) is 3.30. The summed E-state index contributed by atoms with van der Waals surface area (Å²) in [4.78, 5) is 5.40. The highest BCUT2D eigenvalue weighted by Crippen LogP contribution is 2.32. The van der Waals surface area contributed by atoms with E-state index in [1.807, 2.05) is 16.8 Å². The highest BCUT2D eigenvalue weighted by molar-refractivity contribution is 9.10. The maximum Gasteiger partial charge on any atom is 0.0992 e. The Morgan fingerprint density at radius 3 is 2.93 bits per heavy atom. The Balaban J connectivity index is 2.36. The highest BCUT2D eigenvalue weighted by atomic mass is 79.9. The van der Waals surface area contributed by atoms with Crippen molar-refractivity contribution in [3.05, 3.63) is 37.4 Å². The second kappa shape index (κ2) is 4.50. The quantitative estimate of drug-likeness (QED) is 0.674. The zero-order valence-corrected chi connectivity index (χ0v) is 10.3. The van der Waals surface area contributed by atoms with E-state index in [0.29, 0.717) is 0 Å². The van der Waals surface area contributed by atoms with Gasteiger partial charge in [0, 0.05) is 14.7 Å². The summed E-state index contributed by atoms with van der Waals surface area (Å²) >= 11 is 6.71. The zero-order valence-electron chi connectivity index (χ0n) is 7.11. The first-order valence-corrected chi connectivity index (χ1v) is 6.51. The van der Waals surface area contributed by atoms with Gasteiger partial charge in [0.1, 0.15) is 0 Å². The van der Waals surface area contributed by atoms with Crippen molar-refractivity contribution in [3.8, 4) is 0 Å². The molecule has 0 amide bonds. The summed E-state index contributed by atoms with van der Waals surface area (Å²) in [7, 11) is 0. The third kappa shape index (κ3) is 1.89. The van der Waals surface area contributed by atoms with Crippen LogP contribution < -0.4 is 11.3 Å². The fourth-order valence-corrected chi connectivity index (χ4v) is 3.42. The van der Waals surface area contributed by atoms with Crippen LogP contribution in [-0.2, 0) is 0 Å². The summed E-state index contributed by atoms with van der Waals surface area (Å²) in [5.74, 6) is 5.52. The molecular weight excluding hydrogens is 282 g/mol. The first-order chi connectivity index (χ1) is 6.83. The zero-order chi connectivity index (χ0) is 9.97. The van der Waals surface area contributed by atoms with Crippen LogP contribution in [0.4, 0.5) is 0 Å². The number of hydrogen-bond acceptors (Lipinski definition) is 5. The second-order valence-electron chi connectivity index (χ2n) is 2.65. The molecule has 0 spiro atoms. The van der Waals surface area contributed by atoms with Crippen molar-refractivity contribution < 1.29 is 0 Å². The molecule has 14 heavy (non-hydrogen) atoms. The molecule has 1 atom stereocenters. The first kappa shape index (κ1) is 10.3. The lowest BCUT2D eigenvalue weighted by Gasteiger charge is -2.11. The summed E-state index contributed by atoms with van der Waals surface area (Å²) < 4.78 is 1.07. The molecule has 6 heteroatoms. The van der Waals surface area contributed by atoms with Crippen molar-refractivity contribution in [1.29, 1.82) is 0 Å². The van der Waals surface area contributed by atoms with Gasteiger partial charge in [-0.1, -0.05) is 0 Å². The van der Waals surface area contributed by atoms with E-state index in [-0.39, 0.29) is 6.04 Å². The van der Waals surface area contributed by atoms with Gasteiger partial charge in [-0.3, -0.25) is 5.84 Å². The molecule has 0 saturated heterocycles. The third-order valence-corrected chi connectivity index (χ3v) is 4.36. The lowest BCUT2D eigenvalue weighted by molar-refractivity contribution is 0.631. The van der Waals surface area contributed by atoms with Crippen LogP contribution in [0.25, 0.3) is 0 Å². The van der Waals surface area contributed by atoms with Gasteiger partial charge < -0.3 is 0 Å². The molecule has 0 fully saturated rings. The SMILES string of the molecule is NNC(c1cscn1)c1sccc1Br. The minimum atomic E-state index is -0.0179. The van der Waals surface area contributed by atoms with Gasteiger partial charge in [0.05, 0.1) is 17.2 Å². The first-order valence-electron chi connectivity index (χ1n) is 3.90. The molecule has 2 aromatic heterocycles. The Morgan fingerprint density at radius 2 is 2.43 bits per heavy atom. The second-order valence-corrected chi connectivity index (χ2v) is 5.17. The molecule has 0 aliphatic heterocycles. The highest BCUT2D eigenvalue weighted by Gasteiger charge is 2.17. The van der Waals surface area contributed by atoms with Crippen LogP contribution in [0.2, 0.25) is 0 Å². The van der Waals surface area contributed by atoms with Crippen LogP contribution in [0.15, 0.2) is 26.8 Å². The fourth-order valence-electron chi connectivity index (χ4n) is 1.17. The summed E-state index contributed by atoms with van der Waals surface area (Å²) in [5.41, 5.74) is 5.54. The Hall–Kier alpha value is -0.270. The Labute approximate surface area is 98.1 Å². The average molecular weight is 290 g/mol. The predicted molar refractivity (Wildman–Crippen MR) is 63.3 cm³/mol. The van der Waals surface area contributed by atoms with Crippen LogP contribution in [0.1, 0.15) is 16.6 Å². The lowest BCUT2D eigenvalue weighted by Crippen LogP contribution is -2.28. The van der Waals surface area contributed by atoms with Gasteiger partial charge in [0.25, 0.3) is 0 Å². The van der Waals surface area contributed by atoms with E-state index in [0.717, 1.165) is 15.0 Å². The van der Waals surface area contributed by atoms with Crippen LogP contribution >= 0.6 is 38.6 Å². The number of nitrogens with zero attached hydrogens (tertiary/aromatic N) is 1. The largest absolute Gasteiger partial charge is 0.270 e. The predicted octanol–water partition coefficient (Wildman–Crippen LogP) is 2.52. The summed E-state index contributed by atoms with van der Waals surface area (Å²) in [5, 5.41) is 4.02. The molecule has 0 bridgehead atoms. The van der Waals surface area contributed by atoms with Crippen molar-refractivity contribution in [2.45, 2.75) is 6.04 Å². The standard InChI is InChI=1S/C8H8BrN3S2/c9-5-1-2-14-8(5)7(12-10)6-3-13-4-11-6/h1-4,7,12H,10H2. The normalized spacial score (nSPS) is 13.0. The number of thiophene rings is 1. The van der Waals surface area contributed by atoms with Crippen LogP contribution in [0, 0.1) is 0 Å². The number of nitrogens with two attached hydrogens (primary N) is 1. The number of halogens is 1. The van der Waals surface area contributed by atoms with Crippen molar-refractivity contribution in [2.75, 3.05) is 0 Å². The number of thiazole rings is 1. The van der Waals surface area contributed by atoms with Gasteiger partial charge in [-0.25, -0.2) is 10.4 Å². The number of hydrogen-bond donors (Lipinski definition) is 2. The van der Waals surface area contributed by atoms with Crippen LogP contribution in [-0.4, -0.2) is 4.98 Å². The van der Waals surface area contributed by atoms with Gasteiger partial charge in [-0.2, -0.15) is 0 Å². The monoisotopic (exact) mass is 289 g/mol. The van der Waals surface area contributed by atoms with E-state index in [9.17, 15) is 0 Å². The van der Waals surface area contributed by atoms with Crippen molar-refractivity contribution in [1.82, 2.24) is 10.4 Å². The van der Waals surface area contributed by atoms with Crippen molar-refractivity contribution in [2.24, 2.45) is 5.84 Å². The number of aromatic nitrogens is 1. The number of hydrazine groups is 1. The minimum Gasteiger partial charge on any atom is -0.270 e. The molecule has 3 nitrogen and oxygen atoms in total. The van der Waals surface area contributed by atoms with E-state index in [2.05, 4.69) is 26.3 Å². The number of rotatable bonds is 3. The van der Waals surface area contributed by atoms with E-state index in [1.54, 1.807) is 28.2 Å². The van der Waals surface area contributed by atoms with E-state index < -0.39 is 0 Å². The fraction of sp³-hybridized carbons (Fsp3) is 0.125. The minimum absolute atomic E-state index is 0.0179. The molecule has 0 saturated carbocycles. The summed E-state index contributed by atoms with van der Waals surface area (Å²) in [6.07, 6.45) is 0. The topological polar surface area (TPSA) is 50.9 Å². The molecule has 74 valence electrons. The lowest BCUT2D eigenvalue weighted by atomic mass is 10.2. The van der Waals surface area contributed by atoms with E-state index in [1.165, 1.54) is 0 Å². The Morgan fingerprint density at radius 1 is 1.57 bits per heavy atom. The van der Waals surface area contributed by atoms with E-state index in [4.69, 9.17) is 5.84 Å². The van der Waals surface area contributed by atoms with Gasteiger partial charge >= 0.3 is 0 Å². The van der Waals surface area contributed by atoms with Gasteiger partial charge in [-0.15, -0.1) is 22.7 Å². The third-order valence-electron chi connectivity index (χ3n) is 1.82. The molecule has 3 N–H and O–H groups in total. The van der Waals surface area contributed by atoms with Gasteiger partial charge in [0.15, 0.2) is 0 Å².